The summed E-state index contributed by atoms with van der Waals surface area (Å²) in [6.07, 6.45) is 0. The highest BCUT2D eigenvalue weighted by Crippen LogP contribution is 2.22. The minimum absolute atomic E-state index is 0.108. The molecule has 2 aromatic carbocycles. The van der Waals surface area contributed by atoms with Crippen molar-refractivity contribution < 1.29 is 9.59 Å². The Morgan fingerprint density at radius 3 is 2.43 bits per heavy atom. The van der Waals surface area contributed by atoms with Crippen molar-refractivity contribution >= 4 is 46.8 Å². The summed E-state index contributed by atoms with van der Waals surface area (Å²) in [6.45, 7) is 7.81. The lowest BCUT2D eigenvalue weighted by molar-refractivity contribution is -0.139. The van der Waals surface area contributed by atoms with Gasteiger partial charge in [-0.2, -0.15) is 0 Å². The van der Waals surface area contributed by atoms with E-state index in [1.807, 2.05) is 63.2 Å². The van der Waals surface area contributed by atoms with E-state index in [1.54, 1.807) is 17.9 Å². The summed E-state index contributed by atoms with van der Waals surface area (Å²) in [7, 11) is 0. The average Bonchev–Trinajstić information content (AvgIpc) is 2.65. The van der Waals surface area contributed by atoms with E-state index in [-0.39, 0.29) is 23.1 Å². The summed E-state index contributed by atoms with van der Waals surface area (Å²) in [5, 5.41) is 4.24. The SMILES string of the molecule is CC(C(=O)NC(C)(C)C)N(Cc1cccc(Cl)c1)C(=O)CSCc1ccccc1Cl. The van der Waals surface area contributed by atoms with Gasteiger partial charge in [0.15, 0.2) is 0 Å². The number of nitrogens with zero attached hydrogens (tertiary/aromatic N) is 1. The molecule has 0 aliphatic heterocycles. The number of hydrogen-bond acceptors (Lipinski definition) is 3. The molecule has 1 unspecified atom stereocenters. The first-order valence-electron chi connectivity index (χ1n) is 9.74. The van der Waals surface area contributed by atoms with Crippen molar-refractivity contribution in [2.75, 3.05) is 5.75 Å². The number of halogens is 2. The molecule has 0 aromatic heterocycles. The highest BCUT2D eigenvalue weighted by molar-refractivity contribution is 7.99. The van der Waals surface area contributed by atoms with Crippen LogP contribution < -0.4 is 5.32 Å². The van der Waals surface area contributed by atoms with E-state index in [1.165, 1.54) is 11.8 Å². The van der Waals surface area contributed by atoms with E-state index in [2.05, 4.69) is 5.32 Å². The number of hydrogen-bond donors (Lipinski definition) is 1. The highest BCUT2D eigenvalue weighted by atomic mass is 35.5. The predicted octanol–water partition coefficient (Wildman–Crippen LogP) is 5.56. The van der Waals surface area contributed by atoms with Crippen molar-refractivity contribution in [3.05, 3.63) is 69.7 Å². The van der Waals surface area contributed by atoms with Crippen LogP contribution >= 0.6 is 35.0 Å². The van der Waals surface area contributed by atoms with E-state index in [0.717, 1.165) is 11.1 Å². The minimum Gasteiger partial charge on any atom is -0.350 e. The van der Waals surface area contributed by atoms with Crippen LogP contribution in [-0.4, -0.2) is 34.0 Å². The van der Waals surface area contributed by atoms with Gasteiger partial charge in [-0.05, 0) is 57.0 Å². The Bertz CT molecular complexity index is 884. The zero-order valence-electron chi connectivity index (χ0n) is 17.7. The van der Waals surface area contributed by atoms with Crippen LogP contribution in [0.25, 0.3) is 0 Å². The zero-order chi connectivity index (χ0) is 22.3. The van der Waals surface area contributed by atoms with Gasteiger partial charge >= 0.3 is 0 Å². The third-order valence-electron chi connectivity index (χ3n) is 4.35. The molecule has 4 nitrogen and oxygen atoms in total. The maximum Gasteiger partial charge on any atom is 0.242 e. The first kappa shape index (κ1) is 24.6. The van der Waals surface area contributed by atoms with Crippen LogP contribution in [0.2, 0.25) is 10.0 Å². The van der Waals surface area contributed by atoms with Crippen LogP contribution in [0.5, 0.6) is 0 Å². The Morgan fingerprint density at radius 2 is 1.80 bits per heavy atom. The van der Waals surface area contributed by atoms with Crippen LogP contribution in [0.3, 0.4) is 0 Å². The lowest BCUT2D eigenvalue weighted by atomic mass is 10.1. The molecule has 0 saturated heterocycles. The Morgan fingerprint density at radius 1 is 1.10 bits per heavy atom. The Labute approximate surface area is 193 Å². The van der Waals surface area contributed by atoms with E-state index in [0.29, 0.717) is 22.3 Å². The lowest BCUT2D eigenvalue weighted by Gasteiger charge is -2.31. The average molecular weight is 467 g/mol. The van der Waals surface area contributed by atoms with Gasteiger partial charge in [0.2, 0.25) is 11.8 Å². The molecule has 0 aliphatic carbocycles. The highest BCUT2D eigenvalue weighted by Gasteiger charge is 2.28. The molecule has 0 spiro atoms. The fourth-order valence-electron chi connectivity index (χ4n) is 2.84. The quantitative estimate of drug-likeness (QED) is 0.553. The second-order valence-corrected chi connectivity index (χ2v) is 9.98. The molecular weight excluding hydrogens is 439 g/mol. The first-order valence-corrected chi connectivity index (χ1v) is 11.6. The predicted molar refractivity (Wildman–Crippen MR) is 127 cm³/mol. The van der Waals surface area contributed by atoms with E-state index >= 15 is 0 Å². The third-order valence-corrected chi connectivity index (χ3v) is 5.92. The fraction of sp³-hybridized carbons (Fsp3) is 0.391. The molecule has 0 heterocycles. The summed E-state index contributed by atoms with van der Waals surface area (Å²) in [5.74, 6) is 0.579. The minimum atomic E-state index is -0.614. The molecule has 162 valence electrons. The molecule has 0 radical (unpaired) electrons. The van der Waals surface area contributed by atoms with Crippen molar-refractivity contribution in [3.8, 4) is 0 Å². The monoisotopic (exact) mass is 466 g/mol. The molecule has 30 heavy (non-hydrogen) atoms. The maximum absolute atomic E-state index is 13.1. The summed E-state index contributed by atoms with van der Waals surface area (Å²) in [6, 6.07) is 14.3. The summed E-state index contributed by atoms with van der Waals surface area (Å²) >= 11 is 13.8. The topological polar surface area (TPSA) is 49.4 Å². The van der Waals surface area contributed by atoms with Crippen molar-refractivity contribution in [3.63, 3.8) is 0 Å². The molecule has 1 atom stereocenters. The standard InChI is InChI=1S/C23H28Cl2N2O2S/c1-16(22(29)26-23(2,3)4)27(13-17-8-7-10-19(24)12-17)21(28)15-30-14-18-9-5-6-11-20(18)25/h5-12,16H,13-15H2,1-4H3,(H,26,29). The zero-order valence-corrected chi connectivity index (χ0v) is 20.1. The number of nitrogens with one attached hydrogen (secondary N) is 1. The Balaban J connectivity index is 2.11. The fourth-order valence-corrected chi connectivity index (χ4v) is 4.24. The lowest BCUT2D eigenvalue weighted by Crippen LogP contribution is -2.52. The molecule has 2 rings (SSSR count). The number of thioether (sulfide) groups is 1. The second-order valence-electron chi connectivity index (χ2n) is 8.15. The Kier molecular flexibility index (Phi) is 9.08. The molecule has 0 bridgehead atoms. The van der Waals surface area contributed by atoms with Crippen molar-refractivity contribution in [1.82, 2.24) is 10.2 Å². The van der Waals surface area contributed by atoms with E-state index in [4.69, 9.17) is 23.2 Å². The Hall–Kier alpha value is -1.69. The van der Waals surface area contributed by atoms with E-state index in [9.17, 15) is 9.59 Å². The van der Waals surface area contributed by atoms with Gasteiger partial charge in [0.05, 0.1) is 5.75 Å². The number of carbonyl (C=O) groups excluding carboxylic acids is 2. The summed E-state index contributed by atoms with van der Waals surface area (Å²) in [4.78, 5) is 27.4. The third kappa shape index (κ3) is 7.86. The first-order chi connectivity index (χ1) is 14.1. The van der Waals surface area contributed by atoms with Gasteiger partial charge in [0, 0.05) is 27.9 Å². The van der Waals surface area contributed by atoms with Gasteiger partial charge in [-0.25, -0.2) is 0 Å². The van der Waals surface area contributed by atoms with E-state index < -0.39 is 6.04 Å². The molecular formula is C23H28Cl2N2O2S. The largest absolute Gasteiger partial charge is 0.350 e. The number of rotatable bonds is 8. The van der Waals surface area contributed by atoms with Crippen LogP contribution in [0.1, 0.15) is 38.8 Å². The van der Waals surface area contributed by atoms with Crippen LogP contribution in [0, 0.1) is 0 Å². The molecule has 0 saturated carbocycles. The number of amides is 2. The molecule has 2 aromatic rings. The van der Waals surface area contributed by atoms with Crippen LogP contribution in [0.15, 0.2) is 48.5 Å². The smallest absolute Gasteiger partial charge is 0.242 e. The van der Waals surface area contributed by atoms with Gasteiger partial charge in [0.25, 0.3) is 0 Å². The van der Waals surface area contributed by atoms with Gasteiger partial charge in [-0.3, -0.25) is 9.59 Å². The van der Waals surface area contributed by atoms with Crippen LogP contribution in [0.4, 0.5) is 0 Å². The second kappa shape index (κ2) is 11.1. The molecule has 2 amide bonds. The molecule has 0 fully saturated rings. The van der Waals surface area contributed by atoms with Gasteiger partial charge in [-0.1, -0.05) is 53.5 Å². The van der Waals surface area contributed by atoms with Gasteiger partial charge in [-0.15, -0.1) is 11.8 Å². The molecule has 0 aliphatic rings. The maximum atomic E-state index is 13.1. The van der Waals surface area contributed by atoms with Crippen molar-refractivity contribution in [2.24, 2.45) is 0 Å². The number of carbonyl (C=O) groups is 2. The van der Waals surface area contributed by atoms with Crippen molar-refractivity contribution in [1.29, 1.82) is 0 Å². The van der Waals surface area contributed by atoms with Crippen molar-refractivity contribution in [2.45, 2.75) is 51.6 Å². The number of benzene rings is 2. The molecule has 1 N–H and O–H groups in total. The van der Waals surface area contributed by atoms with Crippen LogP contribution in [-0.2, 0) is 21.9 Å². The summed E-state index contributed by atoms with van der Waals surface area (Å²) in [5.41, 5.74) is 1.48. The van der Waals surface area contributed by atoms with Gasteiger partial charge < -0.3 is 10.2 Å². The van der Waals surface area contributed by atoms with Gasteiger partial charge in [0.1, 0.15) is 6.04 Å². The summed E-state index contributed by atoms with van der Waals surface area (Å²) < 4.78 is 0. The normalized spacial score (nSPS) is 12.3. The molecule has 7 heteroatoms.